The van der Waals surface area contributed by atoms with Gasteiger partial charge in [-0.1, -0.05) is 12.1 Å². The Kier molecular flexibility index (Phi) is 4.34. The van der Waals surface area contributed by atoms with Gasteiger partial charge in [-0.05, 0) is 31.1 Å². The van der Waals surface area contributed by atoms with Gasteiger partial charge in [0.15, 0.2) is 0 Å². The summed E-state index contributed by atoms with van der Waals surface area (Å²) in [7, 11) is 1.80. The lowest BCUT2D eigenvalue weighted by molar-refractivity contribution is 0.246. The molecule has 2 heterocycles. The molecule has 3 rings (SSSR count). The maximum Gasteiger partial charge on any atom is 0.124 e. The molecule has 0 amide bonds. The Hall–Kier alpha value is -2.34. The van der Waals surface area contributed by atoms with Crippen LogP contribution < -0.4 is 22.1 Å². The van der Waals surface area contributed by atoms with Crippen molar-refractivity contribution >= 4 is 5.70 Å². The van der Waals surface area contributed by atoms with Crippen LogP contribution in [0.25, 0.3) is 5.70 Å². The van der Waals surface area contributed by atoms with Crippen LogP contribution in [0.4, 0.5) is 0 Å². The molecule has 2 unspecified atom stereocenters. The lowest BCUT2D eigenvalue weighted by Crippen LogP contribution is -2.51. The van der Waals surface area contributed by atoms with E-state index in [4.69, 9.17) is 11.5 Å². The second-order valence-electron chi connectivity index (χ2n) is 6.21. The van der Waals surface area contributed by atoms with Gasteiger partial charge in [0, 0.05) is 43.5 Å². The molecule has 2 atom stereocenters. The van der Waals surface area contributed by atoms with Crippen molar-refractivity contribution in [3.05, 3.63) is 47.4 Å². The lowest BCUT2D eigenvalue weighted by Gasteiger charge is -2.36. The number of phenols is 1. The van der Waals surface area contributed by atoms with Gasteiger partial charge in [0.05, 0.1) is 5.70 Å². The normalized spacial score (nSPS) is 25.3. The molecule has 6 nitrogen and oxygen atoms in total. The van der Waals surface area contributed by atoms with Crippen molar-refractivity contribution in [2.45, 2.75) is 24.9 Å². The first-order chi connectivity index (χ1) is 11.1. The van der Waals surface area contributed by atoms with E-state index in [0.29, 0.717) is 29.2 Å². The summed E-state index contributed by atoms with van der Waals surface area (Å²) in [4.78, 5) is 2.28. The van der Waals surface area contributed by atoms with Crippen molar-refractivity contribution in [3.63, 3.8) is 0 Å². The van der Waals surface area contributed by atoms with Crippen LogP contribution in [-0.4, -0.2) is 42.2 Å². The average molecular weight is 315 g/mol. The molecule has 0 spiro atoms. The zero-order valence-electron chi connectivity index (χ0n) is 13.4. The maximum absolute atomic E-state index is 9.99. The Labute approximate surface area is 136 Å². The van der Waals surface area contributed by atoms with Gasteiger partial charge in [-0.2, -0.15) is 0 Å². The Morgan fingerprint density at radius 1 is 1.26 bits per heavy atom. The number of likely N-dealkylation sites (tertiary alicyclic amines) is 1. The molecule has 124 valence electrons. The minimum atomic E-state index is 0.170. The quantitative estimate of drug-likeness (QED) is 0.518. The molecule has 0 radical (unpaired) electrons. The predicted molar refractivity (Wildman–Crippen MR) is 92.1 cm³/mol. The number of benzene rings is 1. The van der Waals surface area contributed by atoms with Crippen LogP contribution in [0.15, 0.2) is 41.9 Å². The summed E-state index contributed by atoms with van der Waals surface area (Å²) in [6.45, 7) is 1.83. The summed E-state index contributed by atoms with van der Waals surface area (Å²) < 4.78 is 0. The molecule has 2 saturated heterocycles. The van der Waals surface area contributed by atoms with Crippen LogP contribution in [0.2, 0.25) is 0 Å². The first kappa shape index (κ1) is 15.6. The second kappa shape index (κ2) is 6.42. The molecule has 2 fully saturated rings. The number of allylic oxidation sites excluding steroid dienone is 1. The Morgan fingerprint density at radius 2 is 1.91 bits per heavy atom. The van der Waals surface area contributed by atoms with Crippen molar-refractivity contribution < 1.29 is 5.11 Å². The minimum Gasteiger partial charge on any atom is -0.507 e. The van der Waals surface area contributed by atoms with Gasteiger partial charge in [0.25, 0.3) is 0 Å². The van der Waals surface area contributed by atoms with E-state index in [2.05, 4.69) is 15.5 Å². The monoisotopic (exact) mass is 315 g/mol. The van der Waals surface area contributed by atoms with Crippen molar-refractivity contribution in [3.8, 4) is 5.75 Å². The van der Waals surface area contributed by atoms with Crippen molar-refractivity contribution in [1.82, 2.24) is 15.5 Å². The summed E-state index contributed by atoms with van der Waals surface area (Å²) in [5.74, 6) is 0.758. The van der Waals surface area contributed by atoms with E-state index in [1.165, 1.54) is 12.8 Å². The first-order valence-electron chi connectivity index (χ1n) is 8.02. The molecule has 1 aromatic rings. The van der Waals surface area contributed by atoms with Crippen LogP contribution in [0.5, 0.6) is 5.75 Å². The van der Waals surface area contributed by atoms with E-state index in [1.54, 1.807) is 25.2 Å². The number of hydrogen-bond acceptors (Lipinski definition) is 6. The fourth-order valence-corrected chi connectivity index (χ4v) is 3.40. The number of nitrogens with zero attached hydrogens (tertiary/aromatic N) is 1. The smallest absolute Gasteiger partial charge is 0.124 e. The standard InChI is InChI=1S/C17H25N5O/c1-20-17(19)15(22-9-11-6-7-12(10-22)21-11)8-14(18)13-4-2-3-5-16(13)23/h2-5,8,11-12,20-21,23H,6-7,9-10,18-19H2,1H3/b14-8-,17-15+. The number of nitrogens with one attached hydrogen (secondary N) is 2. The molecule has 0 aromatic heterocycles. The van der Waals surface area contributed by atoms with Crippen LogP contribution in [0.1, 0.15) is 18.4 Å². The highest BCUT2D eigenvalue weighted by Crippen LogP contribution is 2.27. The molecule has 6 heteroatoms. The number of nitrogens with two attached hydrogens (primary N) is 2. The molecule has 2 aliphatic rings. The van der Waals surface area contributed by atoms with Gasteiger partial charge in [-0.3, -0.25) is 0 Å². The van der Waals surface area contributed by atoms with E-state index < -0.39 is 0 Å². The lowest BCUT2D eigenvalue weighted by atomic mass is 10.1. The van der Waals surface area contributed by atoms with E-state index in [0.717, 1.165) is 18.8 Å². The molecule has 23 heavy (non-hydrogen) atoms. The third kappa shape index (κ3) is 3.22. The highest BCUT2D eigenvalue weighted by molar-refractivity contribution is 5.69. The SMILES string of the molecule is CN/C(N)=C(\C=C(/N)c1ccccc1O)N1CC2CCC(C1)N2. The van der Waals surface area contributed by atoms with Gasteiger partial charge >= 0.3 is 0 Å². The van der Waals surface area contributed by atoms with Gasteiger partial charge in [-0.15, -0.1) is 0 Å². The molecule has 1 aromatic carbocycles. The van der Waals surface area contributed by atoms with E-state index >= 15 is 0 Å². The Bertz CT molecular complexity index is 628. The van der Waals surface area contributed by atoms with E-state index in [-0.39, 0.29) is 5.75 Å². The minimum absolute atomic E-state index is 0.170. The number of fused-ring (bicyclic) bond motifs is 2. The van der Waals surface area contributed by atoms with Crippen molar-refractivity contribution in [2.24, 2.45) is 11.5 Å². The molecule has 0 aliphatic carbocycles. The zero-order chi connectivity index (χ0) is 16.4. The Balaban J connectivity index is 1.91. The van der Waals surface area contributed by atoms with Gasteiger partial charge in [0.1, 0.15) is 11.6 Å². The molecule has 2 aliphatic heterocycles. The number of aromatic hydroxyl groups is 1. The summed E-state index contributed by atoms with van der Waals surface area (Å²) in [6.07, 6.45) is 4.25. The van der Waals surface area contributed by atoms with Crippen LogP contribution in [-0.2, 0) is 0 Å². The maximum atomic E-state index is 9.99. The average Bonchev–Trinajstić information content (AvgIpc) is 2.90. The van der Waals surface area contributed by atoms with Crippen LogP contribution in [0.3, 0.4) is 0 Å². The van der Waals surface area contributed by atoms with Crippen molar-refractivity contribution in [2.75, 3.05) is 20.1 Å². The largest absolute Gasteiger partial charge is 0.507 e. The first-order valence-corrected chi connectivity index (χ1v) is 8.02. The molecular formula is C17H25N5O. The topological polar surface area (TPSA) is 99.6 Å². The van der Waals surface area contributed by atoms with Gasteiger partial charge in [-0.25, -0.2) is 0 Å². The van der Waals surface area contributed by atoms with E-state index in [1.807, 2.05) is 12.1 Å². The number of rotatable bonds is 4. The predicted octanol–water partition coefficient (Wildman–Crippen LogP) is 0.475. The molecule has 2 bridgehead atoms. The fraction of sp³-hybridized carbons (Fsp3) is 0.412. The van der Waals surface area contributed by atoms with Crippen molar-refractivity contribution in [1.29, 1.82) is 0 Å². The summed E-state index contributed by atoms with van der Waals surface area (Å²) in [5, 5.41) is 16.6. The fourth-order valence-electron chi connectivity index (χ4n) is 3.40. The van der Waals surface area contributed by atoms with Crippen LogP contribution >= 0.6 is 0 Å². The molecular weight excluding hydrogens is 290 g/mol. The van der Waals surface area contributed by atoms with E-state index in [9.17, 15) is 5.11 Å². The Morgan fingerprint density at radius 3 is 2.52 bits per heavy atom. The number of piperazine rings is 1. The number of hydrogen-bond donors (Lipinski definition) is 5. The summed E-state index contributed by atoms with van der Waals surface area (Å²) in [5.41, 5.74) is 14.4. The van der Waals surface area contributed by atoms with Gasteiger partial charge in [0.2, 0.25) is 0 Å². The third-order valence-electron chi connectivity index (χ3n) is 4.61. The third-order valence-corrected chi connectivity index (χ3v) is 4.61. The van der Waals surface area contributed by atoms with Gasteiger partial charge < -0.3 is 32.1 Å². The number of para-hydroxylation sites is 1. The summed E-state index contributed by atoms with van der Waals surface area (Å²) in [6, 6.07) is 8.08. The highest BCUT2D eigenvalue weighted by atomic mass is 16.3. The number of phenolic OH excluding ortho intramolecular Hbond substituents is 1. The zero-order valence-corrected chi connectivity index (χ0v) is 13.4. The molecule has 7 N–H and O–H groups in total. The second-order valence-corrected chi connectivity index (χ2v) is 6.21. The van der Waals surface area contributed by atoms with Crippen LogP contribution in [0, 0.1) is 0 Å². The summed E-state index contributed by atoms with van der Waals surface area (Å²) >= 11 is 0. The highest BCUT2D eigenvalue weighted by Gasteiger charge is 2.33. The molecule has 0 saturated carbocycles.